The summed E-state index contributed by atoms with van der Waals surface area (Å²) < 4.78 is 0. The number of amides is 1. The zero-order valence-corrected chi connectivity index (χ0v) is 15.4. The summed E-state index contributed by atoms with van der Waals surface area (Å²) >= 11 is 0. The zero-order chi connectivity index (χ0) is 17.8. The van der Waals surface area contributed by atoms with E-state index < -0.39 is 0 Å². The standard InChI is InChI=1S/C21H29NO3/c1-13(23)22-12-21-10-7-15(24)11-14(21)3-4-16-17-5-6-19(25)20(17,2)9-8-18(16)21/h11,16-18H,3-10,12H2,1-2H3,(H,22,23)/t16-,17-,18-,20-,21+/m0/s1. The first-order valence-electron chi connectivity index (χ1n) is 9.88. The van der Waals surface area contributed by atoms with Crippen molar-refractivity contribution in [3.8, 4) is 0 Å². The number of ketones is 2. The maximum absolute atomic E-state index is 12.5. The van der Waals surface area contributed by atoms with E-state index in [2.05, 4.69) is 12.2 Å². The van der Waals surface area contributed by atoms with E-state index in [1.165, 1.54) is 5.57 Å². The molecule has 4 rings (SSSR count). The van der Waals surface area contributed by atoms with E-state index in [0.29, 0.717) is 36.5 Å². The molecule has 0 aliphatic heterocycles. The third-order valence-electron chi connectivity index (χ3n) is 8.05. The van der Waals surface area contributed by atoms with Crippen LogP contribution in [0.1, 0.15) is 65.2 Å². The SMILES string of the molecule is CC(=O)NC[C@]12CCC(=O)C=C1CC[C@@H]1[C@@H]2CC[C@]2(C)C(=O)CC[C@@H]12. The molecule has 3 fully saturated rings. The molecular weight excluding hydrogens is 314 g/mol. The Labute approximate surface area is 149 Å². The van der Waals surface area contributed by atoms with Gasteiger partial charge < -0.3 is 5.32 Å². The van der Waals surface area contributed by atoms with Gasteiger partial charge in [-0.2, -0.15) is 0 Å². The van der Waals surface area contributed by atoms with Crippen molar-refractivity contribution in [3.63, 3.8) is 0 Å². The van der Waals surface area contributed by atoms with Crippen molar-refractivity contribution in [2.24, 2.45) is 28.6 Å². The number of nitrogens with one attached hydrogen (secondary N) is 1. The predicted molar refractivity (Wildman–Crippen MR) is 94.7 cm³/mol. The second kappa shape index (κ2) is 5.78. The largest absolute Gasteiger partial charge is 0.355 e. The van der Waals surface area contributed by atoms with Gasteiger partial charge in [-0.05, 0) is 62.4 Å². The lowest BCUT2D eigenvalue weighted by Crippen LogP contribution is -2.55. The third kappa shape index (κ3) is 2.43. The Morgan fingerprint density at radius 1 is 1.12 bits per heavy atom. The fourth-order valence-electron chi connectivity index (χ4n) is 6.75. The van der Waals surface area contributed by atoms with Crippen molar-refractivity contribution in [1.29, 1.82) is 0 Å². The van der Waals surface area contributed by atoms with Gasteiger partial charge in [0.25, 0.3) is 0 Å². The van der Waals surface area contributed by atoms with Gasteiger partial charge in [-0.15, -0.1) is 0 Å². The second-order valence-corrected chi connectivity index (χ2v) is 9.04. The summed E-state index contributed by atoms with van der Waals surface area (Å²) in [6.45, 7) is 4.42. The summed E-state index contributed by atoms with van der Waals surface area (Å²) in [5, 5.41) is 3.07. The van der Waals surface area contributed by atoms with E-state index in [0.717, 1.165) is 44.9 Å². The monoisotopic (exact) mass is 343 g/mol. The third-order valence-corrected chi connectivity index (χ3v) is 8.05. The number of carbonyl (C=O) groups excluding carboxylic acids is 3. The Morgan fingerprint density at radius 2 is 1.92 bits per heavy atom. The van der Waals surface area contributed by atoms with Crippen LogP contribution in [0.3, 0.4) is 0 Å². The molecule has 5 atom stereocenters. The zero-order valence-electron chi connectivity index (χ0n) is 15.4. The van der Waals surface area contributed by atoms with E-state index in [4.69, 9.17) is 0 Å². The van der Waals surface area contributed by atoms with Crippen LogP contribution in [-0.2, 0) is 14.4 Å². The highest BCUT2D eigenvalue weighted by molar-refractivity contribution is 5.92. The molecule has 4 nitrogen and oxygen atoms in total. The predicted octanol–water partition coefficient (Wildman–Crippen LogP) is 3.20. The lowest BCUT2D eigenvalue weighted by molar-refractivity contribution is -0.133. The molecule has 0 unspecified atom stereocenters. The number of rotatable bonds is 2. The van der Waals surface area contributed by atoms with Crippen molar-refractivity contribution in [3.05, 3.63) is 11.6 Å². The van der Waals surface area contributed by atoms with E-state index in [9.17, 15) is 14.4 Å². The lowest BCUT2D eigenvalue weighted by Gasteiger charge is -2.58. The molecule has 1 N–H and O–H groups in total. The molecule has 3 saturated carbocycles. The molecule has 0 heterocycles. The molecule has 0 spiro atoms. The van der Waals surface area contributed by atoms with E-state index >= 15 is 0 Å². The number of hydrogen-bond donors (Lipinski definition) is 1. The molecule has 25 heavy (non-hydrogen) atoms. The summed E-state index contributed by atoms with van der Waals surface area (Å²) in [7, 11) is 0. The first-order chi connectivity index (χ1) is 11.9. The van der Waals surface area contributed by atoms with Crippen molar-refractivity contribution in [2.45, 2.75) is 65.2 Å². The molecule has 4 heteroatoms. The van der Waals surface area contributed by atoms with Crippen LogP contribution in [0.5, 0.6) is 0 Å². The smallest absolute Gasteiger partial charge is 0.216 e. The maximum Gasteiger partial charge on any atom is 0.216 e. The van der Waals surface area contributed by atoms with Crippen LogP contribution >= 0.6 is 0 Å². The Morgan fingerprint density at radius 3 is 2.68 bits per heavy atom. The van der Waals surface area contributed by atoms with Crippen molar-refractivity contribution in [2.75, 3.05) is 6.54 Å². The molecule has 0 aromatic rings. The molecule has 1 amide bonds. The van der Waals surface area contributed by atoms with Gasteiger partial charge in [0, 0.05) is 37.1 Å². The number of carbonyl (C=O) groups is 3. The molecule has 4 aliphatic rings. The van der Waals surface area contributed by atoms with Gasteiger partial charge in [0.2, 0.25) is 5.91 Å². The summed E-state index contributed by atoms with van der Waals surface area (Å²) in [5.74, 6) is 2.26. The Kier molecular flexibility index (Phi) is 3.93. The highest BCUT2D eigenvalue weighted by Gasteiger charge is 2.60. The van der Waals surface area contributed by atoms with Gasteiger partial charge in [-0.1, -0.05) is 12.5 Å². The van der Waals surface area contributed by atoms with Gasteiger partial charge in [-0.3, -0.25) is 14.4 Å². The number of fused-ring (bicyclic) bond motifs is 5. The molecule has 0 aromatic carbocycles. The highest BCUT2D eigenvalue weighted by Crippen LogP contribution is 2.64. The first kappa shape index (κ1) is 17.0. The van der Waals surface area contributed by atoms with Crippen LogP contribution in [0, 0.1) is 28.6 Å². The molecule has 136 valence electrons. The van der Waals surface area contributed by atoms with Crippen molar-refractivity contribution >= 4 is 17.5 Å². The maximum atomic E-state index is 12.5. The summed E-state index contributed by atoms with van der Waals surface area (Å²) in [4.78, 5) is 36.2. The van der Waals surface area contributed by atoms with E-state index in [1.807, 2.05) is 6.08 Å². The van der Waals surface area contributed by atoms with E-state index in [-0.39, 0.29) is 22.5 Å². The van der Waals surface area contributed by atoms with Gasteiger partial charge in [0.05, 0.1) is 0 Å². The lowest BCUT2D eigenvalue weighted by atomic mass is 9.47. The highest BCUT2D eigenvalue weighted by atomic mass is 16.1. The molecule has 0 saturated heterocycles. The fourth-order valence-corrected chi connectivity index (χ4v) is 6.75. The fraction of sp³-hybridized carbons (Fsp3) is 0.762. The first-order valence-corrected chi connectivity index (χ1v) is 9.88. The van der Waals surface area contributed by atoms with Gasteiger partial charge in [0.15, 0.2) is 5.78 Å². The van der Waals surface area contributed by atoms with Gasteiger partial charge in [-0.25, -0.2) is 0 Å². The van der Waals surface area contributed by atoms with Crippen molar-refractivity contribution in [1.82, 2.24) is 5.32 Å². The summed E-state index contributed by atoms with van der Waals surface area (Å²) in [6, 6.07) is 0. The Balaban J connectivity index is 1.71. The van der Waals surface area contributed by atoms with E-state index in [1.54, 1.807) is 6.92 Å². The minimum absolute atomic E-state index is 0.00411. The molecule has 0 bridgehead atoms. The van der Waals surface area contributed by atoms with Gasteiger partial charge >= 0.3 is 0 Å². The quantitative estimate of drug-likeness (QED) is 0.837. The Bertz CT molecular complexity index is 666. The Hall–Kier alpha value is -1.45. The second-order valence-electron chi connectivity index (χ2n) is 9.04. The minimum atomic E-state index is -0.123. The average Bonchev–Trinajstić information content (AvgIpc) is 2.88. The van der Waals surface area contributed by atoms with Crippen LogP contribution in [0.4, 0.5) is 0 Å². The minimum Gasteiger partial charge on any atom is -0.355 e. The van der Waals surface area contributed by atoms with Gasteiger partial charge in [0.1, 0.15) is 5.78 Å². The normalized spacial score (nSPS) is 43.0. The topological polar surface area (TPSA) is 63.2 Å². The van der Waals surface area contributed by atoms with Crippen LogP contribution in [-0.4, -0.2) is 24.0 Å². The number of hydrogen-bond acceptors (Lipinski definition) is 3. The molecule has 4 aliphatic carbocycles. The summed E-state index contributed by atoms with van der Waals surface area (Å²) in [6.07, 6.45) is 9.18. The average molecular weight is 343 g/mol. The van der Waals surface area contributed by atoms with Crippen molar-refractivity contribution < 1.29 is 14.4 Å². The number of Topliss-reactive ketones (excluding diaryl/α,β-unsaturated/α-hetero) is 1. The van der Waals surface area contributed by atoms with Crippen LogP contribution in [0.15, 0.2) is 11.6 Å². The van der Waals surface area contributed by atoms with Crippen LogP contribution in [0.25, 0.3) is 0 Å². The molecule has 0 aromatic heterocycles. The van der Waals surface area contributed by atoms with Crippen LogP contribution < -0.4 is 5.32 Å². The van der Waals surface area contributed by atoms with Crippen LogP contribution in [0.2, 0.25) is 0 Å². The molecule has 0 radical (unpaired) electrons. The summed E-state index contributed by atoms with van der Waals surface area (Å²) in [5.41, 5.74) is 1.09. The molecular formula is C21H29NO3.